The summed E-state index contributed by atoms with van der Waals surface area (Å²) < 4.78 is 18.0. The summed E-state index contributed by atoms with van der Waals surface area (Å²) in [7, 11) is 0. The van der Waals surface area contributed by atoms with E-state index < -0.39 is 0 Å². The average Bonchev–Trinajstić information content (AvgIpc) is 3.34. The number of piperidine rings is 1. The largest absolute Gasteiger partial charge is 0.472 e. The monoisotopic (exact) mass is 340 g/mol. The lowest BCUT2D eigenvalue weighted by atomic mass is 9.97. The summed E-state index contributed by atoms with van der Waals surface area (Å²) in [5.41, 5.74) is 1.32. The predicted octanol–water partition coefficient (Wildman–Crippen LogP) is 3.22. The number of aromatic nitrogens is 3. The fourth-order valence-corrected chi connectivity index (χ4v) is 3.14. The molecule has 3 aromatic rings. The van der Waals surface area contributed by atoms with Gasteiger partial charge in [0.25, 0.3) is 5.91 Å². The minimum atomic E-state index is -0.291. The van der Waals surface area contributed by atoms with E-state index in [-0.39, 0.29) is 17.6 Å². The smallest absolute Gasteiger partial charge is 0.257 e. The van der Waals surface area contributed by atoms with E-state index in [1.54, 1.807) is 18.2 Å². The van der Waals surface area contributed by atoms with Crippen LogP contribution in [0.1, 0.15) is 34.9 Å². The van der Waals surface area contributed by atoms with Crippen molar-refractivity contribution >= 4 is 5.91 Å². The fourth-order valence-electron chi connectivity index (χ4n) is 3.14. The molecule has 0 radical (unpaired) electrons. The molecule has 1 saturated heterocycles. The van der Waals surface area contributed by atoms with E-state index in [0.717, 1.165) is 30.8 Å². The van der Waals surface area contributed by atoms with Crippen LogP contribution in [0, 0.1) is 5.82 Å². The Kier molecular flexibility index (Phi) is 4.05. The van der Waals surface area contributed by atoms with Crippen LogP contribution < -0.4 is 0 Å². The van der Waals surface area contributed by atoms with E-state index in [4.69, 9.17) is 4.42 Å². The normalized spacial score (nSPS) is 17.6. The van der Waals surface area contributed by atoms with Crippen molar-refractivity contribution < 1.29 is 13.6 Å². The summed E-state index contributed by atoms with van der Waals surface area (Å²) in [5.74, 6) is 1.07. The van der Waals surface area contributed by atoms with E-state index in [1.807, 2.05) is 4.90 Å². The van der Waals surface area contributed by atoms with Crippen molar-refractivity contribution in [2.24, 2.45) is 0 Å². The number of amides is 1. The lowest BCUT2D eigenvalue weighted by Gasteiger charge is -2.31. The molecule has 1 aliphatic rings. The highest BCUT2D eigenvalue weighted by Crippen LogP contribution is 2.27. The van der Waals surface area contributed by atoms with Gasteiger partial charge < -0.3 is 9.32 Å². The first-order valence-electron chi connectivity index (χ1n) is 8.20. The number of H-pyrrole nitrogens is 1. The number of carbonyl (C=O) groups excluding carboxylic acids is 1. The number of benzene rings is 1. The highest BCUT2D eigenvalue weighted by molar-refractivity contribution is 5.93. The first-order valence-corrected chi connectivity index (χ1v) is 8.20. The van der Waals surface area contributed by atoms with Gasteiger partial charge in [-0.15, -0.1) is 0 Å². The third kappa shape index (κ3) is 3.17. The second-order valence-corrected chi connectivity index (χ2v) is 6.15. The van der Waals surface area contributed by atoms with Crippen molar-refractivity contribution in [3.8, 4) is 11.4 Å². The molecule has 7 heteroatoms. The van der Waals surface area contributed by atoms with Crippen LogP contribution in [0.2, 0.25) is 0 Å². The van der Waals surface area contributed by atoms with Crippen LogP contribution >= 0.6 is 0 Å². The van der Waals surface area contributed by atoms with E-state index in [2.05, 4.69) is 15.2 Å². The average molecular weight is 340 g/mol. The molecule has 1 aromatic carbocycles. The highest BCUT2D eigenvalue weighted by atomic mass is 19.1. The molecule has 25 heavy (non-hydrogen) atoms. The zero-order chi connectivity index (χ0) is 17.2. The Labute approximate surface area is 143 Å². The van der Waals surface area contributed by atoms with Gasteiger partial charge in [0.05, 0.1) is 11.8 Å². The first-order chi connectivity index (χ1) is 12.2. The zero-order valence-electron chi connectivity index (χ0n) is 13.5. The van der Waals surface area contributed by atoms with Gasteiger partial charge in [-0.05, 0) is 43.2 Å². The topological polar surface area (TPSA) is 75.0 Å². The molecule has 2 aromatic heterocycles. The minimum Gasteiger partial charge on any atom is -0.472 e. The molecule has 1 aliphatic heterocycles. The summed E-state index contributed by atoms with van der Waals surface area (Å²) in [4.78, 5) is 18.8. The molecule has 0 aliphatic carbocycles. The maximum atomic E-state index is 13.0. The van der Waals surface area contributed by atoms with Crippen LogP contribution in [0.4, 0.5) is 4.39 Å². The number of hydrogen-bond donors (Lipinski definition) is 1. The van der Waals surface area contributed by atoms with Crippen LogP contribution in [0.5, 0.6) is 0 Å². The van der Waals surface area contributed by atoms with Crippen LogP contribution in [-0.4, -0.2) is 39.1 Å². The van der Waals surface area contributed by atoms with E-state index in [1.165, 1.54) is 24.7 Å². The molecule has 4 rings (SSSR count). The molecule has 1 atom stereocenters. The van der Waals surface area contributed by atoms with Gasteiger partial charge in [0.15, 0.2) is 5.82 Å². The van der Waals surface area contributed by atoms with Crippen molar-refractivity contribution in [2.45, 2.75) is 18.8 Å². The standard InChI is InChI=1S/C18H17FN4O2/c19-15-5-3-12(4-6-15)16-20-17(22-21-16)13-2-1-8-23(10-13)18(24)14-7-9-25-11-14/h3-7,9,11,13H,1-2,8,10H2,(H,20,21,22)/t13-/m1/s1. The van der Waals surface area contributed by atoms with Crippen molar-refractivity contribution in [3.05, 3.63) is 60.1 Å². The van der Waals surface area contributed by atoms with E-state index in [0.29, 0.717) is 17.9 Å². The molecule has 1 fully saturated rings. The van der Waals surface area contributed by atoms with Gasteiger partial charge in [0.2, 0.25) is 0 Å². The number of rotatable bonds is 3. The maximum absolute atomic E-state index is 13.0. The summed E-state index contributed by atoms with van der Waals surface area (Å²) >= 11 is 0. The molecule has 0 unspecified atom stereocenters. The Hall–Kier alpha value is -2.96. The van der Waals surface area contributed by atoms with Crippen molar-refractivity contribution in [1.29, 1.82) is 0 Å². The summed E-state index contributed by atoms with van der Waals surface area (Å²) in [5, 5.41) is 7.21. The van der Waals surface area contributed by atoms with Gasteiger partial charge in [-0.3, -0.25) is 9.89 Å². The third-order valence-corrected chi connectivity index (χ3v) is 4.47. The van der Waals surface area contributed by atoms with Gasteiger partial charge >= 0.3 is 0 Å². The van der Waals surface area contributed by atoms with Crippen LogP contribution in [-0.2, 0) is 0 Å². The van der Waals surface area contributed by atoms with Gasteiger partial charge in [0.1, 0.15) is 17.9 Å². The number of nitrogens with one attached hydrogen (secondary N) is 1. The number of furan rings is 1. The Morgan fingerprint density at radius 2 is 2.12 bits per heavy atom. The van der Waals surface area contributed by atoms with E-state index >= 15 is 0 Å². The molecule has 0 spiro atoms. The van der Waals surface area contributed by atoms with Crippen molar-refractivity contribution in [2.75, 3.05) is 13.1 Å². The van der Waals surface area contributed by atoms with Gasteiger partial charge in [-0.1, -0.05) is 0 Å². The van der Waals surface area contributed by atoms with Gasteiger partial charge in [0, 0.05) is 24.6 Å². The fraction of sp³-hybridized carbons (Fsp3) is 0.278. The maximum Gasteiger partial charge on any atom is 0.257 e. The molecule has 0 saturated carbocycles. The highest BCUT2D eigenvalue weighted by Gasteiger charge is 2.28. The predicted molar refractivity (Wildman–Crippen MR) is 88.4 cm³/mol. The molecule has 3 heterocycles. The lowest BCUT2D eigenvalue weighted by Crippen LogP contribution is -2.39. The quantitative estimate of drug-likeness (QED) is 0.794. The SMILES string of the molecule is O=C(c1ccoc1)N1CCC[C@@H](c2nc(-c3ccc(F)cc3)n[nH]2)C1. The molecule has 1 N–H and O–H groups in total. The Morgan fingerprint density at radius 1 is 1.28 bits per heavy atom. The Bertz CT molecular complexity index is 858. The molecule has 0 bridgehead atoms. The van der Waals surface area contributed by atoms with Crippen LogP contribution in [0.3, 0.4) is 0 Å². The van der Waals surface area contributed by atoms with Crippen LogP contribution in [0.25, 0.3) is 11.4 Å². The van der Waals surface area contributed by atoms with Crippen LogP contribution in [0.15, 0.2) is 47.3 Å². The summed E-state index contributed by atoms with van der Waals surface area (Å²) in [6, 6.07) is 7.75. The minimum absolute atomic E-state index is 0.0308. The lowest BCUT2D eigenvalue weighted by molar-refractivity contribution is 0.0704. The van der Waals surface area contributed by atoms with E-state index in [9.17, 15) is 9.18 Å². The van der Waals surface area contributed by atoms with Crippen molar-refractivity contribution in [1.82, 2.24) is 20.1 Å². The van der Waals surface area contributed by atoms with Gasteiger partial charge in [-0.25, -0.2) is 9.37 Å². The molecule has 6 nitrogen and oxygen atoms in total. The summed E-state index contributed by atoms with van der Waals surface area (Å²) in [6.07, 6.45) is 4.81. The molecular weight excluding hydrogens is 323 g/mol. The second kappa shape index (κ2) is 6.51. The molecular formula is C18H17FN4O2. The van der Waals surface area contributed by atoms with Gasteiger partial charge in [-0.2, -0.15) is 5.10 Å². The summed E-state index contributed by atoms with van der Waals surface area (Å²) in [6.45, 7) is 1.31. The third-order valence-electron chi connectivity index (χ3n) is 4.47. The number of carbonyl (C=O) groups is 1. The number of aromatic amines is 1. The number of likely N-dealkylation sites (tertiary alicyclic amines) is 1. The zero-order valence-corrected chi connectivity index (χ0v) is 13.5. The number of nitrogens with zero attached hydrogens (tertiary/aromatic N) is 3. The first kappa shape index (κ1) is 15.6. The molecule has 1 amide bonds. The molecule has 128 valence electrons. The number of halogens is 1. The number of hydrogen-bond acceptors (Lipinski definition) is 4. The second-order valence-electron chi connectivity index (χ2n) is 6.15. The Morgan fingerprint density at radius 3 is 2.88 bits per heavy atom. The van der Waals surface area contributed by atoms with Crippen molar-refractivity contribution in [3.63, 3.8) is 0 Å². The Balaban J connectivity index is 1.50.